The Morgan fingerprint density at radius 1 is 1.37 bits per heavy atom. The summed E-state index contributed by atoms with van der Waals surface area (Å²) in [7, 11) is 0. The zero-order valence-corrected chi connectivity index (χ0v) is 11.7. The maximum absolute atomic E-state index is 12.7. The van der Waals surface area contributed by atoms with E-state index in [1.807, 2.05) is 12.4 Å². The van der Waals surface area contributed by atoms with Gasteiger partial charge in [-0.1, -0.05) is 6.92 Å². The molecule has 0 saturated carbocycles. The van der Waals surface area contributed by atoms with Crippen LogP contribution < -0.4 is 0 Å². The minimum atomic E-state index is 0.155. The van der Waals surface area contributed by atoms with E-state index in [-0.39, 0.29) is 5.92 Å². The predicted molar refractivity (Wildman–Crippen MR) is 73.7 cm³/mol. The molecule has 0 N–H and O–H groups in total. The highest BCUT2D eigenvalue weighted by Crippen LogP contribution is 2.26. The molecule has 3 heterocycles. The van der Waals surface area contributed by atoms with E-state index in [0.717, 1.165) is 38.2 Å². The number of likely N-dealkylation sites (tertiary alicyclic amines) is 1. The summed E-state index contributed by atoms with van der Waals surface area (Å²) in [5.41, 5.74) is 0. The molecule has 2 aliphatic heterocycles. The van der Waals surface area contributed by atoms with E-state index in [1.165, 1.54) is 19.3 Å². The SMILES string of the molecule is CCC1CCCCN1C(=O)C1CCn2ccnc2C1. The maximum atomic E-state index is 12.7. The Kier molecular flexibility index (Phi) is 3.58. The quantitative estimate of drug-likeness (QED) is 0.819. The Labute approximate surface area is 114 Å². The van der Waals surface area contributed by atoms with Gasteiger partial charge in [-0.05, 0) is 32.1 Å². The molecule has 0 spiro atoms. The molecule has 3 rings (SSSR count). The smallest absolute Gasteiger partial charge is 0.226 e. The van der Waals surface area contributed by atoms with Crippen molar-refractivity contribution in [3.8, 4) is 0 Å². The average molecular weight is 261 g/mol. The van der Waals surface area contributed by atoms with E-state index in [4.69, 9.17) is 0 Å². The summed E-state index contributed by atoms with van der Waals surface area (Å²) in [5, 5.41) is 0. The molecule has 1 saturated heterocycles. The summed E-state index contributed by atoms with van der Waals surface area (Å²) in [6, 6.07) is 0.475. The van der Waals surface area contributed by atoms with Gasteiger partial charge in [-0.25, -0.2) is 4.98 Å². The van der Waals surface area contributed by atoms with Crippen molar-refractivity contribution in [3.63, 3.8) is 0 Å². The lowest BCUT2D eigenvalue weighted by atomic mass is 9.92. The topological polar surface area (TPSA) is 38.1 Å². The van der Waals surface area contributed by atoms with E-state index in [0.29, 0.717) is 11.9 Å². The van der Waals surface area contributed by atoms with Gasteiger partial charge in [-0.15, -0.1) is 0 Å². The van der Waals surface area contributed by atoms with Gasteiger partial charge in [0.1, 0.15) is 5.82 Å². The second kappa shape index (κ2) is 5.35. The summed E-state index contributed by atoms with van der Waals surface area (Å²) in [6.45, 7) is 4.10. The van der Waals surface area contributed by atoms with Crippen LogP contribution in [0.25, 0.3) is 0 Å². The minimum absolute atomic E-state index is 0.155. The number of nitrogens with zero attached hydrogens (tertiary/aromatic N) is 3. The number of hydrogen-bond acceptors (Lipinski definition) is 2. The van der Waals surface area contributed by atoms with Crippen molar-refractivity contribution in [1.29, 1.82) is 0 Å². The van der Waals surface area contributed by atoms with Crippen molar-refractivity contribution >= 4 is 5.91 Å². The van der Waals surface area contributed by atoms with Gasteiger partial charge in [0, 0.05) is 43.9 Å². The van der Waals surface area contributed by atoms with Crippen molar-refractivity contribution in [2.75, 3.05) is 6.54 Å². The lowest BCUT2D eigenvalue weighted by Gasteiger charge is -2.38. The Bertz CT molecular complexity index is 454. The third-order valence-corrected chi connectivity index (χ3v) is 4.68. The summed E-state index contributed by atoms with van der Waals surface area (Å²) < 4.78 is 2.18. The zero-order valence-electron chi connectivity index (χ0n) is 11.7. The molecule has 1 fully saturated rings. The Balaban J connectivity index is 1.70. The van der Waals surface area contributed by atoms with Crippen LogP contribution >= 0.6 is 0 Å². The molecular formula is C15H23N3O. The summed E-state index contributed by atoms with van der Waals surface area (Å²) in [4.78, 5) is 19.3. The van der Waals surface area contributed by atoms with E-state index in [1.54, 1.807) is 0 Å². The van der Waals surface area contributed by atoms with Gasteiger partial charge >= 0.3 is 0 Å². The Hall–Kier alpha value is -1.32. The van der Waals surface area contributed by atoms with Crippen molar-refractivity contribution in [2.24, 2.45) is 5.92 Å². The predicted octanol–water partition coefficient (Wildman–Crippen LogP) is 2.24. The zero-order chi connectivity index (χ0) is 13.2. The van der Waals surface area contributed by atoms with Crippen molar-refractivity contribution in [3.05, 3.63) is 18.2 Å². The second-order valence-corrected chi connectivity index (χ2v) is 5.82. The number of amides is 1. The Morgan fingerprint density at radius 3 is 3.11 bits per heavy atom. The van der Waals surface area contributed by atoms with Gasteiger partial charge in [0.05, 0.1) is 0 Å². The molecule has 1 aromatic rings. The monoisotopic (exact) mass is 261 g/mol. The standard InChI is InChI=1S/C15H23N3O/c1-2-13-5-3-4-8-18(13)15(19)12-6-9-17-10-7-16-14(17)11-12/h7,10,12-13H,2-6,8-9,11H2,1H3. The van der Waals surface area contributed by atoms with E-state index in [9.17, 15) is 4.79 Å². The largest absolute Gasteiger partial charge is 0.339 e. The van der Waals surface area contributed by atoms with Gasteiger partial charge in [-0.3, -0.25) is 4.79 Å². The number of piperidine rings is 1. The third kappa shape index (κ3) is 2.40. The highest BCUT2D eigenvalue weighted by atomic mass is 16.2. The molecule has 4 nitrogen and oxygen atoms in total. The van der Waals surface area contributed by atoms with Crippen LogP contribution in [0.15, 0.2) is 12.4 Å². The number of imidazole rings is 1. The van der Waals surface area contributed by atoms with E-state index in [2.05, 4.69) is 21.4 Å². The van der Waals surface area contributed by atoms with E-state index < -0.39 is 0 Å². The summed E-state index contributed by atoms with van der Waals surface area (Å²) in [5.74, 6) is 1.61. The van der Waals surface area contributed by atoms with Gasteiger partial charge in [-0.2, -0.15) is 0 Å². The van der Waals surface area contributed by atoms with Gasteiger partial charge < -0.3 is 9.47 Å². The molecule has 104 valence electrons. The van der Waals surface area contributed by atoms with Crippen LogP contribution in [0.2, 0.25) is 0 Å². The first-order valence-electron chi connectivity index (χ1n) is 7.60. The van der Waals surface area contributed by atoms with Crippen molar-refractivity contribution in [2.45, 2.75) is 58.0 Å². The molecule has 0 radical (unpaired) electrons. The number of fused-ring (bicyclic) bond motifs is 1. The lowest BCUT2D eigenvalue weighted by molar-refractivity contribution is -0.140. The third-order valence-electron chi connectivity index (χ3n) is 4.68. The molecule has 0 aliphatic carbocycles. The molecule has 2 aliphatic rings. The first-order chi connectivity index (χ1) is 9.29. The molecule has 2 unspecified atom stereocenters. The lowest BCUT2D eigenvalue weighted by Crippen LogP contribution is -2.47. The second-order valence-electron chi connectivity index (χ2n) is 5.82. The molecule has 0 bridgehead atoms. The molecule has 1 amide bonds. The average Bonchev–Trinajstić information content (AvgIpc) is 2.93. The number of carbonyl (C=O) groups is 1. The summed E-state index contributed by atoms with van der Waals surface area (Å²) >= 11 is 0. The van der Waals surface area contributed by atoms with Gasteiger partial charge in [0.15, 0.2) is 0 Å². The van der Waals surface area contributed by atoms with Crippen LogP contribution in [0.1, 0.15) is 44.9 Å². The molecule has 1 aromatic heterocycles. The molecule has 4 heteroatoms. The fraction of sp³-hybridized carbons (Fsp3) is 0.733. The molecule has 19 heavy (non-hydrogen) atoms. The fourth-order valence-electron chi connectivity index (χ4n) is 3.51. The normalized spacial score (nSPS) is 27.1. The van der Waals surface area contributed by atoms with Crippen LogP contribution in [-0.4, -0.2) is 32.9 Å². The number of carbonyl (C=O) groups excluding carboxylic acids is 1. The van der Waals surface area contributed by atoms with Crippen LogP contribution in [0.3, 0.4) is 0 Å². The van der Waals surface area contributed by atoms with Crippen LogP contribution in [0, 0.1) is 5.92 Å². The molecule has 0 aromatic carbocycles. The first kappa shape index (κ1) is 12.7. The van der Waals surface area contributed by atoms with Crippen molar-refractivity contribution in [1.82, 2.24) is 14.5 Å². The minimum Gasteiger partial charge on any atom is -0.339 e. The molecular weight excluding hydrogens is 238 g/mol. The fourth-order valence-corrected chi connectivity index (χ4v) is 3.51. The summed E-state index contributed by atoms with van der Waals surface area (Å²) in [6.07, 6.45) is 10.4. The number of rotatable bonds is 2. The highest BCUT2D eigenvalue weighted by molar-refractivity contribution is 5.79. The van der Waals surface area contributed by atoms with Gasteiger partial charge in [0.25, 0.3) is 0 Å². The van der Waals surface area contributed by atoms with Crippen LogP contribution in [-0.2, 0) is 17.8 Å². The van der Waals surface area contributed by atoms with E-state index >= 15 is 0 Å². The molecule has 2 atom stereocenters. The van der Waals surface area contributed by atoms with Crippen LogP contribution in [0.4, 0.5) is 0 Å². The van der Waals surface area contributed by atoms with Crippen LogP contribution in [0.5, 0.6) is 0 Å². The Morgan fingerprint density at radius 2 is 2.26 bits per heavy atom. The number of aryl methyl sites for hydroxylation is 1. The van der Waals surface area contributed by atoms with Crippen molar-refractivity contribution < 1.29 is 4.79 Å². The number of aromatic nitrogens is 2. The first-order valence-corrected chi connectivity index (χ1v) is 7.60. The maximum Gasteiger partial charge on any atom is 0.226 e. The highest BCUT2D eigenvalue weighted by Gasteiger charge is 2.32. The number of hydrogen-bond donors (Lipinski definition) is 0. The van der Waals surface area contributed by atoms with Gasteiger partial charge in [0.2, 0.25) is 5.91 Å².